The fourth-order valence-corrected chi connectivity index (χ4v) is 1.52. The third kappa shape index (κ3) is 7.57. The first-order valence-corrected chi connectivity index (χ1v) is 6.45. The molecule has 20 heavy (non-hydrogen) atoms. The van der Waals surface area contributed by atoms with Gasteiger partial charge in [0.05, 0.1) is 12.0 Å². The Balaban J connectivity index is 4.35. The molecule has 0 spiro atoms. The number of carbonyl (C=O) groups excluding carboxylic acids is 2. The van der Waals surface area contributed by atoms with Crippen molar-refractivity contribution in [2.75, 3.05) is 26.2 Å². The first kappa shape index (κ1) is 18.2. The molecule has 0 heterocycles. The molecule has 4 N–H and O–H groups in total. The molecule has 0 bridgehead atoms. The number of nitrogens with one attached hydrogen (secondary N) is 2. The number of carboxylic acid groups (broad SMARTS) is 1. The number of nitrogens with zero attached hydrogens (tertiary/aromatic N) is 1. The summed E-state index contributed by atoms with van der Waals surface area (Å²) >= 11 is 0. The Hall–Kier alpha value is -1.83. The van der Waals surface area contributed by atoms with Crippen LogP contribution in [0.3, 0.4) is 0 Å². The molecule has 0 aliphatic rings. The van der Waals surface area contributed by atoms with Crippen molar-refractivity contribution >= 4 is 17.9 Å². The van der Waals surface area contributed by atoms with Crippen LogP contribution in [0.25, 0.3) is 0 Å². The van der Waals surface area contributed by atoms with E-state index in [1.54, 1.807) is 13.8 Å². The minimum absolute atomic E-state index is 0.0861. The Kier molecular flexibility index (Phi) is 7.60. The van der Waals surface area contributed by atoms with Crippen LogP contribution in [0.5, 0.6) is 0 Å². The molecule has 0 aromatic heterocycles. The molecule has 116 valence electrons. The molecule has 0 rings (SSSR count). The van der Waals surface area contributed by atoms with E-state index in [4.69, 9.17) is 5.11 Å². The van der Waals surface area contributed by atoms with E-state index in [0.717, 1.165) is 0 Å². The predicted molar refractivity (Wildman–Crippen MR) is 72.2 cm³/mol. The first-order valence-electron chi connectivity index (χ1n) is 6.45. The molecule has 1 unspecified atom stereocenters. The van der Waals surface area contributed by atoms with Crippen LogP contribution in [0, 0.1) is 0 Å². The zero-order valence-electron chi connectivity index (χ0n) is 12.1. The zero-order chi connectivity index (χ0) is 15.8. The summed E-state index contributed by atoms with van der Waals surface area (Å²) in [5, 5.41) is 23.4. The molecule has 1 atom stereocenters. The van der Waals surface area contributed by atoms with Crippen molar-refractivity contribution in [1.29, 1.82) is 0 Å². The van der Waals surface area contributed by atoms with Gasteiger partial charge in [-0.3, -0.25) is 9.59 Å². The van der Waals surface area contributed by atoms with Crippen molar-refractivity contribution < 1.29 is 24.6 Å². The number of amides is 3. The van der Waals surface area contributed by atoms with E-state index < -0.39 is 24.0 Å². The number of rotatable bonds is 8. The maximum absolute atomic E-state index is 11.8. The van der Waals surface area contributed by atoms with Gasteiger partial charge in [-0.1, -0.05) is 0 Å². The van der Waals surface area contributed by atoms with Gasteiger partial charge in [0.1, 0.15) is 6.54 Å². The van der Waals surface area contributed by atoms with Crippen LogP contribution in [-0.2, 0) is 9.59 Å². The average molecular weight is 289 g/mol. The molecule has 0 radical (unpaired) electrons. The van der Waals surface area contributed by atoms with E-state index in [1.807, 2.05) is 0 Å². The van der Waals surface area contributed by atoms with Gasteiger partial charge in [0.2, 0.25) is 5.91 Å². The second kappa shape index (κ2) is 8.36. The highest BCUT2D eigenvalue weighted by Crippen LogP contribution is 2.07. The van der Waals surface area contributed by atoms with E-state index in [-0.39, 0.29) is 19.0 Å². The summed E-state index contributed by atoms with van der Waals surface area (Å²) in [6.45, 7) is 5.32. The van der Waals surface area contributed by atoms with Gasteiger partial charge in [0.15, 0.2) is 0 Å². The van der Waals surface area contributed by atoms with Crippen LogP contribution in [0.15, 0.2) is 0 Å². The van der Waals surface area contributed by atoms with Crippen molar-refractivity contribution in [3.63, 3.8) is 0 Å². The maximum atomic E-state index is 11.8. The van der Waals surface area contributed by atoms with Crippen molar-refractivity contribution in [3.05, 3.63) is 0 Å². The lowest BCUT2D eigenvalue weighted by atomic mass is 10.0. The minimum Gasteiger partial charge on any atom is -0.481 e. The van der Waals surface area contributed by atoms with Gasteiger partial charge >= 0.3 is 12.0 Å². The van der Waals surface area contributed by atoms with E-state index >= 15 is 0 Å². The number of carbonyl (C=O) groups is 3. The zero-order valence-corrected chi connectivity index (χ0v) is 12.1. The first-order chi connectivity index (χ1) is 9.21. The molecule has 0 saturated heterocycles. The van der Waals surface area contributed by atoms with Gasteiger partial charge in [0, 0.05) is 19.6 Å². The molecule has 0 aliphatic carbocycles. The smallest absolute Gasteiger partial charge is 0.317 e. The Labute approximate surface area is 118 Å². The summed E-state index contributed by atoms with van der Waals surface area (Å²) in [5.41, 5.74) is -1.54. The molecular formula is C12H23N3O5. The quantitative estimate of drug-likeness (QED) is 0.475. The molecular weight excluding hydrogens is 266 g/mol. The summed E-state index contributed by atoms with van der Waals surface area (Å²) in [7, 11) is 0. The lowest BCUT2D eigenvalue weighted by Gasteiger charge is -2.25. The van der Waals surface area contributed by atoms with Gasteiger partial charge < -0.3 is 25.7 Å². The van der Waals surface area contributed by atoms with Crippen LogP contribution in [0.1, 0.15) is 27.2 Å². The third-order valence-corrected chi connectivity index (χ3v) is 2.53. The van der Waals surface area contributed by atoms with Gasteiger partial charge in [-0.05, 0) is 20.8 Å². The number of hydrogen-bond donors (Lipinski definition) is 4. The number of likely N-dealkylation sites (N-methyl/N-ethyl adjacent to an activating group) is 2. The summed E-state index contributed by atoms with van der Waals surface area (Å²) in [6, 6.07) is -0.524. The Morgan fingerprint density at radius 1 is 1.20 bits per heavy atom. The number of aliphatic hydroxyl groups is 1. The van der Waals surface area contributed by atoms with Crippen LogP contribution in [0.4, 0.5) is 4.79 Å². The monoisotopic (exact) mass is 289 g/mol. The highest BCUT2D eigenvalue weighted by Gasteiger charge is 2.26. The number of hydrogen-bond acceptors (Lipinski definition) is 4. The topological polar surface area (TPSA) is 119 Å². The largest absolute Gasteiger partial charge is 0.481 e. The molecule has 8 heteroatoms. The van der Waals surface area contributed by atoms with E-state index in [0.29, 0.717) is 13.1 Å². The highest BCUT2D eigenvalue weighted by molar-refractivity contribution is 5.84. The second-order valence-electron chi connectivity index (χ2n) is 4.69. The molecule has 0 fully saturated rings. The highest BCUT2D eigenvalue weighted by atomic mass is 16.4. The molecule has 0 aromatic carbocycles. The van der Waals surface area contributed by atoms with Gasteiger partial charge in [-0.25, -0.2) is 4.79 Å². The Morgan fingerprint density at radius 2 is 1.80 bits per heavy atom. The molecule has 0 aromatic rings. The Morgan fingerprint density at radius 3 is 2.25 bits per heavy atom. The molecule has 0 saturated carbocycles. The normalized spacial score (nSPS) is 13.2. The molecule has 3 amide bonds. The summed E-state index contributed by atoms with van der Waals surface area (Å²) in [4.78, 5) is 35.0. The van der Waals surface area contributed by atoms with Crippen LogP contribution < -0.4 is 10.6 Å². The summed E-state index contributed by atoms with van der Waals surface area (Å²) in [5.74, 6) is -1.43. The fraction of sp³-hybridized carbons (Fsp3) is 0.750. The summed E-state index contributed by atoms with van der Waals surface area (Å²) in [6.07, 6.45) is -0.476. The Bertz CT molecular complexity index is 357. The predicted octanol–water partition coefficient (Wildman–Crippen LogP) is -0.620. The van der Waals surface area contributed by atoms with Crippen LogP contribution in [-0.4, -0.2) is 64.8 Å². The van der Waals surface area contributed by atoms with Crippen molar-refractivity contribution in [2.24, 2.45) is 0 Å². The molecule has 0 aliphatic heterocycles. The molecule has 8 nitrogen and oxygen atoms in total. The lowest BCUT2D eigenvalue weighted by molar-refractivity contribution is -0.141. The third-order valence-electron chi connectivity index (χ3n) is 2.53. The lowest BCUT2D eigenvalue weighted by Crippen LogP contribution is -2.49. The second-order valence-corrected chi connectivity index (χ2v) is 4.69. The van der Waals surface area contributed by atoms with E-state index in [1.165, 1.54) is 11.8 Å². The van der Waals surface area contributed by atoms with E-state index in [9.17, 15) is 19.5 Å². The number of urea groups is 1. The maximum Gasteiger partial charge on any atom is 0.317 e. The van der Waals surface area contributed by atoms with Gasteiger partial charge in [-0.2, -0.15) is 0 Å². The van der Waals surface area contributed by atoms with Gasteiger partial charge in [0.25, 0.3) is 0 Å². The van der Waals surface area contributed by atoms with Crippen molar-refractivity contribution in [1.82, 2.24) is 15.5 Å². The standard InChI is InChI=1S/C12H23N3O5/c1-4-13-9(16)7-15(5-2)11(19)14-8-12(3,20)6-10(17)18/h20H,4-8H2,1-3H3,(H,13,16)(H,14,19)(H,17,18). The van der Waals surface area contributed by atoms with Crippen LogP contribution >= 0.6 is 0 Å². The van der Waals surface area contributed by atoms with Crippen molar-refractivity contribution in [3.8, 4) is 0 Å². The number of carboxylic acids is 1. The minimum atomic E-state index is -1.54. The van der Waals surface area contributed by atoms with Gasteiger partial charge in [-0.15, -0.1) is 0 Å². The van der Waals surface area contributed by atoms with E-state index in [2.05, 4.69) is 10.6 Å². The van der Waals surface area contributed by atoms with Crippen LogP contribution in [0.2, 0.25) is 0 Å². The number of aliphatic carboxylic acids is 1. The summed E-state index contributed by atoms with van der Waals surface area (Å²) < 4.78 is 0. The average Bonchev–Trinajstić information content (AvgIpc) is 2.32. The van der Waals surface area contributed by atoms with Crippen molar-refractivity contribution in [2.45, 2.75) is 32.8 Å². The SMILES string of the molecule is CCNC(=O)CN(CC)C(=O)NCC(C)(O)CC(=O)O. The fourth-order valence-electron chi connectivity index (χ4n) is 1.52.